The van der Waals surface area contributed by atoms with E-state index in [0.717, 1.165) is 17.8 Å². The van der Waals surface area contributed by atoms with Crippen molar-refractivity contribution in [1.82, 2.24) is 15.1 Å². The highest BCUT2D eigenvalue weighted by Crippen LogP contribution is 2.26. The predicted octanol–water partition coefficient (Wildman–Crippen LogP) is 1.82. The lowest BCUT2D eigenvalue weighted by atomic mass is 10.1. The Morgan fingerprint density at radius 2 is 2.19 bits per heavy atom. The number of carboxylic acids is 1. The average molecular weight is 293 g/mol. The van der Waals surface area contributed by atoms with Gasteiger partial charge in [-0.05, 0) is 46.1 Å². The summed E-state index contributed by atoms with van der Waals surface area (Å²) in [7, 11) is 0. The second-order valence-electron chi connectivity index (χ2n) is 6.04. The van der Waals surface area contributed by atoms with Crippen molar-refractivity contribution in [2.75, 3.05) is 0 Å². The number of carbonyl (C=O) groups is 2. The van der Waals surface area contributed by atoms with Gasteiger partial charge < -0.3 is 10.4 Å². The first-order valence-corrected chi connectivity index (χ1v) is 7.41. The molecule has 2 rings (SSSR count). The fourth-order valence-electron chi connectivity index (χ4n) is 3.07. The minimum Gasteiger partial charge on any atom is -0.481 e. The molecule has 116 valence electrons. The molecule has 0 bridgehead atoms. The van der Waals surface area contributed by atoms with Crippen LogP contribution in [-0.2, 0) is 9.59 Å². The minimum atomic E-state index is -0.761. The molecule has 0 radical (unpaired) electrons. The van der Waals surface area contributed by atoms with Gasteiger partial charge in [-0.1, -0.05) is 0 Å². The smallest absolute Gasteiger partial charge is 0.306 e. The van der Waals surface area contributed by atoms with Gasteiger partial charge in [0.15, 0.2) is 0 Å². The summed E-state index contributed by atoms with van der Waals surface area (Å²) in [6, 6.07) is 1.98. The first-order chi connectivity index (χ1) is 9.86. The van der Waals surface area contributed by atoms with E-state index in [2.05, 4.69) is 10.4 Å². The largest absolute Gasteiger partial charge is 0.481 e. The Morgan fingerprint density at radius 3 is 2.71 bits per heavy atom. The zero-order valence-corrected chi connectivity index (χ0v) is 12.8. The molecule has 6 heteroatoms. The molecule has 3 atom stereocenters. The molecule has 1 amide bonds. The zero-order chi connectivity index (χ0) is 15.6. The van der Waals surface area contributed by atoms with Crippen molar-refractivity contribution in [3.8, 4) is 0 Å². The topological polar surface area (TPSA) is 84.2 Å². The number of aromatic nitrogens is 2. The molecule has 1 heterocycles. The zero-order valence-electron chi connectivity index (χ0n) is 12.8. The van der Waals surface area contributed by atoms with E-state index in [0.29, 0.717) is 19.3 Å². The molecule has 0 saturated heterocycles. The van der Waals surface area contributed by atoms with Crippen molar-refractivity contribution in [1.29, 1.82) is 0 Å². The Morgan fingerprint density at radius 1 is 1.48 bits per heavy atom. The normalized spacial score (nSPS) is 23.0. The first kappa shape index (κ1) is 15.5. The maximum absolute atomic E-state index is 12.1. The van der Waals surface area contributed by atoms with E-state index in [1.165, 1.54) is 0 Å². The summed E-state index contributed by atoms with van der Waals surface area (Å²) in [6.45, 7) is 5.87. The molecular weight excluding hydrogens is 270 g/mol. The standard InChI is InChI=1S/C15H23N3O3/c1-9-6-10(2)18(17-9)11(3)7-14(19)16-13-5-4-12(8-13)15(20)21/h6,11-13H,4-5,7-8H2,1-3H3,(H,16,19)(H,20,21)/t11?,12-,13+/m1/s1. The number of amides is 1. The third-order valence-electron chi connectivity index (χ3n) is 4.09. The van der Waals surface area contributed by atoms with Crippen LogP contribution in [0.2, 0.25) is 0 Å². The Bertz CT molecular complexity index is 538. The lowest BCUT2D eigenvalue weighted by Gasteiger charge is -2.17. The number of nitrogens with zero attached hydrogens (tertiary/aromatic N) is 2. The summed E-state index contributed by atoms with van der Waals surface area (Å²) in [4.78, 5) is 23.0. The lowest BCUT2D eigenvalue weighted by Crippen LogP contribution is -2.34. The molecule has 1 aromatic heterocycles. The fourth-order valence-corrected chi connectivity index (χ4v) is 3.07. The maximum atomic E-state index is 12.1. The molecule has 1 fully saturated rings. The van der Waals surface area contributed by atoms with Crippen LogP contribution in [0.3, 0.4) is 0 Å². The molecule has 21 heavy (non-hydrogen) atoms. The van der Waals surface area contributed by atoms with Gasteiger partial charge in [-0.25, -0.2) is 0 Å². The molecule has 1 aliphatic rings. The number of carboxylic acid groups (broad SMARTS) is 1. The van der Waals surface area contributed by atoms with Crippen LogP contribution in [0.4, 0.5) is 0 Å². The van der Waals surface area contributed by atoms with Gasteiger partial charge in [-0.3, -0.25) is 14.3 Å². The first-order valence-electron chi connectivity index (χ1n) is 7.41. The second-order valence-corrected chi connectivity index (χ2v) is 6.04. The number of aliphatic carboxylic acids is 1. The number of carbonyl (C=O) groups excluding carboxylic acids is 1. The van der Waals surface area contributed by atoms with Gasteiger partial charge in [0, 0.05) is 18.2 Å². The van der Waals surface area contributed by atoms with Crippen molar-refractivity contribution < 1.29 is 14.7 Å². The molecule has 1 unspecified atom stereocenters. The van der Waals surface area contributed by atoms with Gasteiger partial charge >= 0.3 is 5.97 Å². The SMILES string of the molecule is Cc1cc(C)n(C(C)CC(=O)N[C@H]2CC[C@@H](C(=O)O)C2)n1. The molecule has 6 nitrogen and oxygen atoms in total. The van der Waals surface area contributed by atoms with Crippen LogP contribution in [-0.4, -0.2) is 32.8 Å². The van der Waals surface area contributed by atoms with Gasteiger partial charge in [0.25, 0.3) is 0 Å². The van der Waals surface area contributed by atoms with E-state index >= 15 is 0 Å². The van der Waals surface area contributed by atoms with Gasteiger partial charge in [0.05, 0.1) is 17.7 Å². The van der Waals surface area contributed by atoms with Gasteiger partial charge in [0.2, 0.25) is 5.91 Å². The number of hydrogen-bond donors (Lipinski definition) is 2. The Hall–Kier alpha value is -1.85. The summed E-state index contributed by atoms with van der Waals surface area (Å²) in [5.74, 6) is -1.11. The fraction of sp³-hybridized carbons (Fsp3) is 0.667. The van der Waals surface area contributed by atoms with Gasteiger partial charge in [-0.15, -0.1) is 0 Å². The predicted molar refractivity (Wildman–Crippen MR) is 77.9 cm³/mol. The highest BCUT2D eigenvalue weighted by molar-refractivity contribution is 5.77. The molecule has 0 aliphatic heterocycles. The van der Waals surface area contributed by atoms with Crippen molar-refractivity contribution in [3.05, 3.63) is 17.5 Å². The highest BCUT2D eigenvalue weighted by Gasteiger charge is 2.30. The Labute approximate surface area is 124 Å². The molecule has 0 spiro atoms. The number of rotatable bonds is 5. The van der Waals surface area contributed by atoms with Gasteiger partial charge in [0.1, 0.15) is 0 Å². The van der Waals surface area contributed by atoms with E-state index in [1.54, 1.807) is 0 Å². The summed E-state index contributed by atoms with van der Waals surface area (Å²) >= 11 is 0. The van der Waals surface area contributed by atoms with E-state index in [1.807, 2.05) is 31.5 Å². The number of aryl methyl sites for hydroxylation is 2. The number of hydrogen-bond acceptors (Lipinski definition) is 3. The van der Waals surface area contributed by atoms with Crippen LogP contribution < -0.4 is 5.32 Å². The van der Waals surface area contributed by atoms with Crippen LogP contribution in [0, 0.1) is 19.8 Å². The van der Waals surface area contributed by atoms with Crippen LogP contribution in [0.5, 0.6) is 0 Å². The monoisotopic (exact) mass is 293 g/mol. The van der Waals surface area contributed by atoms with Crippen LogP contribution in [0.15, 0.2) is 6.07 Å². The average Bonchev–Trinajstić information content (AvgIpc) is 2.95. The van der Waals surface area contributed by atoms with Crippen molar-refractivity contribution in [2.24, 2.45) is 5.92 Å². The van der Waals surface area contributed by atoms with E-state index in [4.69, 9.17) is 5.11 Å². The Balaban J connectivity index is 1.85. The van der Waals surface area contributed by atoms with Crippen LogP contribution in [0.25, 0.3) is 0 Å². The van der Waals surface area contributed by atoms with E-state index in [-0.39, 0.29) is 23.9 Å². The second kappa shape index (κ2) is 6.28. The van der Waals surface area contributed by atoms with E-state index < -0.39 is 5.97 Å². The van der Waals surface area contributed by atoms with Crippen LogP contribution in [0.1, 0.15) is 50.0 Å². The van der Waals surface area contributed by atoms with Crippen molar-refractivity contribution in [3.63, 3.8) is 0 Å². The number of nitrogens with one attached hydrogen (secondary N) is 1. The molecule has 2 N–H and O–H groups in total. The third kappa shape index (κ3) is 3.83. The summed E-state index contributed by atoms with van der Waals surface area (Å²) in [5, 5.41) is 16.3. The molecular formula is C15H23N3O3. The lowest BCUT2D eigenvalue weighted by molar-refractivity contribution is -0.141. The molecule has 1 aromatic rings. The Kier molecular flexibility index (Phi) is 4.65. The summed E-state index contributed by atoms with van der Waals surface area (Å²) in [5.41, 5.74) is 1.99. The quantitative estimate of drug-likeness (QED) is 0.867. The highest BCUT2D eigenvalue weighted by atomic mass is 16.4. The van der Waals surface area contributed by atoms with Crippen molar-refractivity contribution in [2.45, 2.75) is 58.5 Å². The maximum Gasteiger partial charge on any atom is 0.306 e. The third-order valence-corrected chi connectivity index (χ3v) is 4.09. The van der Waals surface area contributed by atoms with E-state index in [9.17, 15) is 9.59 Å². The van der Waals surface area contributed by atoms with Crippen LogP contribution >= 0.6 is 0 Å². The van der Waals surface area contributed by atoms with Crippen molar-refractivity contribution >= 4 is 11.9 Å². The molecule has 0 aromatic carbocycles. The minimum absolute atomic E-state index is 0.00428. The molecule has 1 saturated carbocycles. The summed E-state index contributed by atoms with van der Waals surface area (Å²) < 4.78 is 1.86. The summed E-state index contributed by atoms with van der Waals surface area (Å²) in [6.07, 6.45) is 2.29. The molecule has 1 aliphatic carbocycles. The van der Waals surface area contributed by atoms with Gasteiger partial charge in [-0.2, -0.15) is 5.10 Å².